The Kier molecular flexibility index (Phi) is 2.31. The summed E-state index contributed by atoms with van der Waals surface area (Å²) in [5, 5.41) is 0. The molecule has 1 aromatic rings. The van der Waals surface area contributed by atoms with Crippen LogP contribution in [-0.2, 0) is 0 Å². The number of nitrogens with zero attached hydrogens (tertiary/aromatic N) is 1. The van der Waals surface area contributed by atoms with Gasteiger partial charge in [-0.1, -0.05) is 11.6 Å². The Morgan fingerprint density at radius 2 is 2.40 bits per heavy atom. The van der Waals surface area contributed by atoms with E-state index in [0.717, 1.165) is 9.21 Å². The molecule has 52 valence electrons. The SMILES string of the molecule is [C-]#[N+]C(C)c1ccc(Cl)s1. The fourth-order valence-corrected chi connectivity index (χ4v) is 1.67. The van der Waals surface area contributed by atoms with Crippen molar-refractivity contribution in [2.75, 3.05) is 0 Å². The van der Waals surface area contributed by atoms with Gasteiger partial charge in [-0.25, -0.2) is 6.57 Å². The van der Waals surface area contributed by atoms with Crippen LogP contribution in [0.15, 0.2) is 12.1 Å². The van der Waals surface area contributed by atoms with Gasteiger partial charge in [-0.05, 0) is 12.1 Å². The molecule has 0 fully saturated rings. The summed E-state index contributed by atoms with van der Waals surface area (Å²) in [4.78, 5) is 4.42. The minimum absolute atomic E-state index is 0.0440. The largest absolute Gasteiger partial charge is 0.308 e. The van der Waals surface area contributed by atoms with Crippen LogP contribution in [0.4, 0.5) is 0 Å². The van der Waals surface area contributed by atoms with Gasteiger partial charge in [0, 0.05) is 6.92 Å². The lowest BCUT2D eigenvalue weighted by molar-refractivity contribution is 0.991. The van der Waals surface area contributed by atoms with Crippen molar-refractivity contribution in [3.05, 3.63) is 32.8 Å². The molecule has 10 heavy (non-hydrogen) atoms. The second kappa shape index (κ2) is 3.05. The molecule has 0 amide bonds. The highest BCUT2D eigenvalue weighted by Crippen LogP contribution is 2.28. The molecule has 1 aromatic heterocycles. The molecule has 1 heterocycles. The molecule has 0 saturated carbocycles. The van der Waals surface area contributed by atoms with Gasteiger partial charge in [0.1, 0.15) is 0 Å². The van der Waals surface area contributed by atoms with Crippen LogP contribution in [0, 0.1) is 6.57 Å². The molecular weight excluding hydrogens is 166 g/mol. The van der Waals surface area contributed by atoms with E-state index >= 15 is 0 Å². The maximum Gasteiger partial charge on any atom is 0.255 e. The lowest BCUT2D eigenvalue weighted by Crippen LogP contribution is -1.77. The molecule has 0 aliphatic rings. The van der Waals surface area contributed by atoms with E-state index in [9.17, 15) is 0 Å². The van der Waals surface area contributed by atoms with Crippen molar-refractivity contribution >= 4 is 22.9 Å². The Bertz CT molecular complexity index is 261. The molecule has 0 spiro atoms. The van der Waals surface area contributed by atoms with Gasteiger partial charge < -0.3 is 4.85 Å². The topological polar surface area (TPSA) is 4.36 Å². The molecule has 0 aliphatic heterocycles. The standard InChI is InChI=1S/C7H6ClNS/c1-5(9-2)6-3-4-7(8)10-6/h3-5H,1H3. The van der Waals surface area contributed by atoms with Crippen molar-refractivity contribution in [1.29, 1.82) is 0 Å². The third kappa shape index (κ3) is 1.50. The zero-order valence-electron chi connectivity index (χ0n) is 5.47. The van der Waals surface area contributed by atoms with E-state index < -0.39 is 0 Å². The number of thiophene rings is 1. The molecule has 0 radical (unpaired) electrons. The predicted molar refractivity (Wildman–Crippen MR) is 44.3 cm³/mol. The normalized spacial score (nSPS) is 12.5. The van der Waals surface area contributed by atoms with Crippen LogP contribution in [0.1, 0.15) is 17.8 Å². The van der Waals surface area contributed by atoms with E-state index in [4.69, 9.17) is 18.2 Å². The van der Waals surface area contributed by atoms with E-state index in [-0.39, 0.29) is 6.04 Å². The van der Waals surface area contributed by atoms with Gasteiger partial charge in [0.2, 0.25) is 0 Å². The summed E-state index contributed by atoms with van der Waals surface area (Å²) in [6, 6.07) is 3.68. The fraction of sp³-hybridized carbons (Fsp3) is 0.286. The Morgan fingerprint density at radius 1 is 1.70 bits per heavy atom. The van der Waals surface area contributed by atoms with Gasteiger partial charge in [0.05, 0.1) is 9.21 Å². The molecular formula is C7H6ClNS. The number of hydrogen-bond acceptors (Lipinski definition) is 1. The van der Waals surface area contributed by atoms with Gasteiger partial charge in [0.25, 0.3) is 6.04 Å². The summed E-state index contributed by atoms with van der Waals surface area (Å²) in [5.41, 5.74) is 0. The number of halogens is 1. The highest BCUT2D eigenvalue weighted by Gasteiger charge is 2.09. The number of rotatable bonds is 1. The monoisotopic (exact) mass is 171 g/mol. The third-order valence-electron chi connectivity index (χ3n) is 1.20. The Labute approximate surface area is 69.1 Å². The van der Waals surface area contributed by atoms with Crippen molar-refractivity contribution < 1.29 is 0 Å². The van der Waals surface area contributed by atoms with Crippen molar-refractivity contribution in [1.82, 2.24) is 0 Å². The van der Waals surface area contributed by atoms with Crippen LogP contribution < -0.4 is 0 Å². The maximum absolute atomic E-state index is 6.74. The van der Waals surface area contributed by atoms with Crippen molar-refractivity contribution in [2.24, 2.45) is 0 Å². The minimum atomic E-state index is -0.0440. The lowest BCUT2D eigenvalue weighted by Gasteiger charge is -1.89. The van der Waals surface area contributed by atoms with Gasteiger partial charge >= 0.3 is 0 Å². The molecule has 3 heteroatoms. The van der Waals surface area contributed by atoms with E-state index in [2.05, 4.69) is 4.85 Å². The molecule has 1 unspecified atom stereocenters. The summed E-state index contributed by atoms with van der Waals surface area (Å²) in [6.45, 7) is 8.61. The van der Waals surface area contributed by atoms with Crippen LogP contribution in [-0.4, -0.2) is 0 Å². The molecule has 1 atom stereocenters. The first-order valence-electron chi connectivity index (χ1n) is 2.86. The highest BCUT2D eigenvalue weighted by atomic mass is 35.5. The molecule has 0 N–H and O–H groups in total. The second-order valence-corrected chi connectivity index (χ2v) is 3.69. The Morgan fingerprint density at radius 3 is 2.80 bits per heavy atom. The van der Waals surface area contributed by atoms with Gasteiger partial charge in [0.15, 0.2) is 0 Å². The first kappa shape index (κ1) is 7.59. The van der Waals surface area contributed by atoms with Gasteiger partial charge in [-0.3, -0.25) is 0 Å². The Balaban J connectivity index is 2.87. The molecule has 0 aromatic carbocycles. The summed E-state index contributed by atoms with van der Waals surface area (Å²) < 4.78 is 0.755. The number of hydrogen-bond donors (Lipinski definition) is 0. The molecule has 0 saturated heterocycles. The average molecular weight is 172 g/mol. The summed E-state index contributed by atoms with van der Waals surface area (Å²) in [5.74, 6) is 0. The zero-order valence-corrected chi connectivity index (χ0v) is 7.04. The average Bonchev–Trinajstić information content (AvgIpc) is 2.34. The van der Waals surface area contributed by atoms with Crippen molar-refractivity contribution in [2.45, 2.75) is 13.0 Å². The van der Waals surface area contributed by atoms with Crippen LogP contribution >= 0.6 is 22.9 Å². The van der Waals surface area contributed by atoms with Crippen LogP contribution in [0.5, 0.6) is 0 Å². The molecule has 1 rings (SSSR count). The summed E-state index contributed by atoms with van der Waals surface area (Å²) in [6.07, 6.45) is 0. The van der Waals surface area contributed by atoms with E-state index in [0.29, 0.717) is 0 Å². The molecule has 0 aliphatic carbocycles. The first-order chi connectivity index (χ1) is 4.74. The van der Waals surface area contributed by atoms with E-state index in [1.54, 1.807) is 0 Å². The second-order valence-electron chi connectivity index (χ2n) is 1.95. The lowest BCUT2D eigenvalue weighted by atomic mass is 10.3. The van der Waals surface area contributed by atoms with Gasteiger partial charge in [-0.15, -0.1) is 11.3 Å². The van der Waals surface area contributed by atoms with Crippen LogP contribution in [0.2, 0.25) is 4.34 Å². The molecule has 1 nitrogen and oxygen atoms in total. The van der Waals surface area contributed by atoms with Crippen LogP contribution in [0.3, 0.4) is 0 Å². The van der Waals surface area contributed by atoms with Crippen LogP contribution in [0.25, 0.3) is 4.85 Å². The third-order valence-corrected chi connectivity index (χ3v) is 2.60. The van der Waals surface area contributed by atoms with E-state index in [1.165, 1.54) is 11.3 Å². The smallest absolute Gasteiger partial charge is 0.255 e. The summed E-state index contributed by atoms with van der Waals surface area (Å²) in [7, 11) is 0. The highest BCUT2D eigenvalue weighted by molar-refractivity contribution is 7.16. The quantitative estimate of drug-likeness (QED) is 0.571. The van der Waals surface area contributed by atoms with E-state index in [1.807, 2.05) is 19.1 Å². The zero-order chi connectivity index (χ0) is 7.56. The predicted octanol–water partition coefficient (Wildman–Crippen LogP) is 3.38. The first-order valence-corrected chi connectivity index (χ1v) is 4.05. The maximum atomic E-state index is 6.74. The van der Waals surface area contributed by atoms with Crippen molar-refractivity contribution in [3.63, 3.8) is 0 Å². The fourth-order valence-electron chi connectivity index (χ4n) is 0.616. The Hall–Kier alpha value is -0.520. The van der Waals surface area contributed by atoms with Gasteiger partial charge in [-0.2, -0.15) is 0 Å². The minimum Gasteiger partial charge on any atom is -0.308 e. The molecule has 0 bridgehead atoms. The van der Waals surface area contributed by atoms with Crippen molar-refractivity contribution in [3.8, 4) is 0 Å². The summed E-state index contributed by atoms with van der Waals surface area (Å²) >= 11 is 7.15.